The maximum atomic E-state index is 9.88. The Morgan fingerprint density at radius 3 is 1.73 bits per heavy atom. The molecular formula is C13H18O2. The minimum atomic E-state index is 0.373. The van der Waals surface area contributed by atoms with Crippen molar-refractivity contribution in [3.8, 4) is 5.75 Å². The molecule has 0 aliphatic carbocycles. The highest BCUT2D eigenvalue weighted by atomic mass is 16.5. The van der Waals surface area contributed by atoms with Gasteiger partial charge in [-0.3, -0.25) is 0 Å². The van der Waals surface area contributed by atoms with Gasteiger partial charge in [0.25, 0.3) is 0 Å². The topological polar surface area (TPSA) is 29.5 Å². The molecule has 0 atom stereocenters. The van der Waals surface area contributed by atoms with Gasteiger partial charge in [-0.05, 0) is 49.9 Å². The molecule has 0 saturated heterocycles. The monoisotopic (exact) mass is 206 g/mol. The average Bonchev–Trinajstić information content (AvgIpc) is 2.23. The Hall–Kier alpha value is -1.44. The highest BCUT2D eigenvalue weighted by Gasteiger charge is 2.16. The Balaban J connectivity index is 3.60. The van der Waals surface area contributed by atoms with E-state index in [1.807, 2.05) is 27.7 Å². The number of benzene rings is 1. The van der Waals surface area contributed by atoms with Crippen LogP contribution in [-0.4, -0.2) is 12.2 Å². The van der Waals surface area contributed by atoms with E-state index >= 15 is 0 Å². The third kappa shape index (κ3) is 1.72. The molecule has 1 aromatic carbocycles. The van der Waals surface area contributed by atoms with Gasteiger partial charge in [0.1, 0.15) is 11.5 Å². The highest BCUT2D eigenvalue weighted by molar-refractivity contribution is 5.69. The van der Waals surface area contributed by atoms with E-state index in [4.69, 9.17) is 4.74 Å². The largest absolute Gasteiger partial charge is 0.507 e. The van der Waals surface area contributed by atoms with E-state index < -0.39 is 0 Å². The molecule has 2 nitrogen and oxygen atoms in total. The van der Waals surface area contributed by atoms with Gasteiger partial charge >= 0.3 is 0 Å². The second kappa shape index (κ2) is 3.97. The first-order chi connectivity index (χ1) is 6.91. The fourth-order valence-corrected chi connectivity index (χ4v) is 1.81. The van der Waals surface area contributed by atoms with Crippen LogP contribution in [0.4, 0.5) is 0 Å². The number of methoxy groups -OCH3 is 1. The second-order valence-electron chi connectivity index (χ2n) is 3.85. The predicted octanol–water partition coefficient (Wildman–Crippen LogP) is 3.24. The molecule has 82 valence electrons. The van der Waals surface area contributed by atoms with Crippen molar-refractivity contribution in [1.29, 1.82) is 0 Å². The lowest BCUT2D eigenvalue weighted by Gasteiger charge is -2.18. The first-order valence-corrected chi connectivity index (χ1v) is 4.94. The summed E-state index contributed by atoms with van der Waals surface area (Å²) in [6, 6.07) is 0. The molecule has 0 aliphatic heterocycles. The summed E-state index contributed by atoms with van der Waals surface area (Å²) in [5, 5.41) is 9.88. The molecule has 0 radical (unpaired) electrons. The van der Waals surface area contributed by atoms with Gasteiger partial charge in [0.15, 0.2) is 0 Å². The average molecular weight is 206 g/mol. The lowest BCUT2D eigenvalue weighted by Crippen LogP contribution is -2.00. The Bertz CT molecular complexity index is 388. The summed E-state index contributed by atoms with van der Waals surface area (Å²) in [5.41, 5.74) is 4.85. The number of ether oxygens (including phenoxy) is 1. The zero-order chi connectivity index (χ0) is 11.7. The molecule has 15 heavy (non-hydrogen) atoms. The van der Waals surface area contributed by atoms with Crippen LogP contribution in [0.25, 0.3) is 5.76 Å². The zero-order valence-corrected chi connectivity index (χ0v) is 10.1. The molecule has 0 aromatic heterocycles. The Labute approximate surface area is 91.2 Å². The number of phenols is 1. The number of phenolic OH excluding ortho intramolecular Hbond substituents is 1. The summed E-state index contributed by atoms with van der Waals surface area (Å²) >= 11 is 0. The molecule has 0 unspecified atom stereocenters. The first kappa shape index (κ1) is 11.6. The van der Waals surface area contributed by atoms with Gasteiger partial charge in [-0.25, -0.2) is 0 Å². The summed E-state index contributed by atoms with van der Waals surface area (Å²) in [4.78, 5) is 0. The fraction of sp³-hybridized carbons (Fsp3) is 0.385. The number of hydrogen-bond acceptors (Lipinski definition) is 2. The first-order valence-electron chi connectivity index (χ1n) is 4.94. The van der Waals surface area contributed by atoms with Crippen molar-refractivity contribution in [2.75, 3.05) is 7.11 Å². The predicted molar refractivity (Wildman–Crippen MR) is 63.1 cm³/mol. The van der Waals surface area contributed by atoms with E-state index in [9.17, 15) is 5.11 Å². The molecule has 2 heteroatoms. The van der Waals surface area contributed by atoms with Gasteiger partial charge in [-0.1, -0.05) is 6.58 Å². The fourth-order valence-electron chi connectivity index (χ4n) is 1.81. The Morgan fingerprint density at radius 1 is 1.00 bits per heavy atom. The van der Waals surface area contributed by atoms with Crippen LogP contribution in [0.1, 0.15) is 27.8 Å². The van der Waals surface area contributed by atoms with Gasteiger partial charge in [0.2, 0.25) is 0 Å². The molecule has 1 aromatic rings. The highest BCUT2D eigenvalue weighted by Crippen LogP contribution is 2.34. The van der Waals surface area contributed by atoms with Gasteiger partial charge in [0, 0.05) is 5.56 Å². The lowest BCUT2D eigenvalue weighted by molar-refractivity contribution is 0.370. The van der Waals surface area contributed by atoms with E-state index in [2.05, 4.69) is 6.58 Å². The molecule has 0 spiro atoms. The van der Waals surface area contributed by atoms with E-state index in [-0.39, 0.29) is 0 Å². The van der Waals surface area contributed by atoms with Crippen LogP contribution in [0.2, 0.25) is 0 Å². The van der Waals surface area contributed by atoms with Crippen LogP contribution < -0.4 is 0 Å². The van der Waals surface area contributed by atoms with Crippen molar-refractivity contribution >= 4 is 5.76 Å². The van der Waals surface area contributed by atoms with Crippen molar-refractivity contribution < 1.29 is 9.84 Å². The van der Waals surface area contributed by atoms with Crippen molar-refractivity contribution in [2.45, 2.75) is 27.7 Å². The molecule has 0 fully saturated rings. The van der Waals surface area contributed by atoms with Crippen LogP contribution in [0.5, 0.6) is 5.75 Å². The third-order valence-corrected chi connectivity index (χ3v) is 3.11. The van der Waals surface area contributed by atoms with Crippen LogP contribution in [-0.2, 0) is 4.74 Å². The summed E-state index contributed by atoms with van der Waals surface area (Å²) < 4.78 is 5.17. The van der Waals surface area contributed by atoms with Gasteiger partial charge in [-0.15, -0.1) is 0 Å². The molecule has 0 saturated carbocycles. The summed E-state index contributed by atoms with van der Waals surface area (Å²) in [5.74, 6) is 1.02. The Morgan fingerprint density at radius 2 is 1.40 bits per heavy atom. The van der Waals surface area contributed by atoms with Crippen molar-refractivity contribution in [3.05, 3.63) is 34.4 Å². The zero-order valence-electron chi connectivity index (χ0n) is 10.1. The maximum absolute atomic E-state index is 9.88. The van der Waals surface area contributed by atoms with Crippen LogP contribution in [0.15, 0.2) is 6.58 Å². The number of hydrogen-bond donors (Lipinski definition) is 1. The summed E-state index contributed by atoms with van der Waals surface area (Å²) in [7, 11) is 1.61. The summed E-state index contributed by atoms with van der Waals surface area (Å²) in [6.07, 6.45) is 0. The normalized spacial score (nSPS) is 10.2. The van der Waals surface area contributed by atoms with E-state index in [0.717, 1.165) is 27.8 Å². The van der Waals surface area contributed by atoms with Crippen LogP contribution in [0, 0.1) is 27.7 Å². The Kier molecular flexibility index (Phi) is 3.08. The number of aromatic hydroxyl groups is 1. The van der Waals surface area contributed by atoms with Crippen molar-refractivity contribution in [3.63, 3.8) is 0 Å². The SMILES string of the molecule is C=C(OC)c1c(C)c(C)c(O)c(C)c1C. The third-order valence-electron chi connectivity index (χ3n) is 3.11. The lowest BCUT2D eigenvalue weighted by atomic mass is 9.92. The smallest absolute Gasteiger partial charge is 0.121 e. The number of rotatable bonds is 2. The molecule has 0 bridgehead atoms. The van der Waals surface area contributed by atoms with E-state index in [1.165, 1.54) is 0 Å². The second-order valence-corrected chi connectivity index (χ2v) is 3.85. The molecule has 0 heterocycles. The van der Waals surface area contributed by atoms with Gasteiger partial charge < -0.3 is 9.84 Å². The summed E-state index contributed by atoms with van der Waals surface area (Å²) in [6.45, 7) is 11.6. The van der Waals surface area contributed by atoms with Crippen LogP contribution in [0.3, 0.4) is 0 Å². The van der Waals surface area contributed by atoms with Crippen molar-refractivity contribution in [2.24, 2.45) is 0 Å². The van der Waals surface area contributed by atoms with Gasteiger partial charge in [-0.2, -0.15) is 0 Å². The standard InChI is InChI=1S/C13H18O2/c1-7-9(3)13(14)10(4)8(2)12(7)11(5)15-6/h14H,5H2,1-4,6H3. The van der Waals surface area contributed by atoms with E-state index in [1.54, 1.807) is 7.11 Å². The van der Waals surface area contributed by atoms with E-state index in [0.29, 0.717) is 11.5 Å². The van der Waals surface area contributed by atoms with Gasteiger partial charge in [0.05, 0.1) is 7.11 Å². The molecule has 0 amide bonds. The molecule has 0 aliphatic rings. The maximum Gasteiger partial charge on any atom is 0.121 e. The quantitative estimate of drug-likeness (QED) is 0.753. The molecule has 1 N–H and O–H groups in total. The minimum absolute atomic E-state index is 0.373. The van der Waals surface area contributed by atoms with Crippen LogP contribution >= 0.6 is 0 Å². The van der Waals surface area contributed by atoms with Crippen molar-refractivity contribution in [1.82, 2.24) is 0 Å². The molecular weight excluding hydrogens is 188 g/mol. The molecule has 1 rings (SSSR count). The minimum Gasteiger partial charge on any atom is -0.507 e.